The zero-order valence-corrected chi connectivity index (χ0v) is 10.6. The molecule has 90 valence electrons. The van der Waals surface area contributed by atoms with Gasteiger partial charge in [0.15, 0.2) is 0 Å². The molecule has 0 aliphatic rings. The molecule has 17 heavy (non-hydrogen) atoms. The molecule has 0 spiro atoms. The summed E-state index contributed by atoms with van der Waals surface area (Å²) in [6.07, 6.45) is 2.44. The fourth-order valence-corrected chi connectivity index (χ4v) is 1.36. The molecule has 2 heteroatoms. The van der Waals surface area contributed by atoms with Crippen LogP contribution in [-0.2, 0) is 9.53 Å². The Kier molecular flexibility index (Phi) is 5.25. The van der Waals surface area contributed by atoms with Crippen molar-refractivity contribution in [2.75, 3.05) is 6.61 Å². The molecule has 2 nitrogen and oxygen atoms in total. The smallest absolute Gasteiger partial charge is 0.341 e. The molecule has 0 heterocycles. The lowest BCUT2D eigenvalue weighted by Gasteiger charge is -2.00. The molecule has 0 aliphatic carbocycles. The van der Waals surface area contributed by atoms with Crippen LogP contribution < -0.4 is 0 Å². The van der Waals surface area contributed by atoms with Gasteiger partial charge in [0.05, 0.1) is 12.2 Å². The highest BCUT2D eigenvalue weighted by Crippen LogP contribution is 2.07. The van der Waals surface area contributed by atoms with E-state index in [-0.39, 0.29) is 5.97 Å². The van der Waals surface area contributed by atoms with Gasteiger partial charge in [0.2, 0.25) is 0 Å². The summed E-state index contributed by atoms with van der Waals surface area (Å²) < 4.78 is 4.94. The van der Waals surface area contributed by atoms with Gasteiger partial charge in [-0.1, -0.05) is 36.8 Å². The summed E-state index contributed by atoms with van der Waals surface area (Å²) in [4.78, 5) is 11.5. The number of ether oxygens (including phenoxy) is 1. The first-order chi connectivity index (χ1) is 8.17. The number of hydrogen-bond donors (Lipinski definition) is 0. The van der Waals surface area contributed by atoms with Gasteiger partial charge in [0.1, 0.15) is 0 Å². The summed E-state index contributed by atoms with van der Waals surface area (Å²) in [6, 6.07) is 8.06. The molecule has 0 N–H and O–H groups in total. The molecule has 1 rings (SSSR count). The predicted octanol–water partition coefficient (Wildman–Crippen LogP) is 3.51. The van der Waals surface area contributed by atoms with Crippen LogP contribution in [0.1, 0.15) is 31.4 Å². The lowest BCUT2D eigenvalue weighted by Crippen LogP contribution is -2.05. The number of benzene rings is 1. The maximum Gasteiger partial charge on any atom is 0.341 e. The van der Waals surface area contributed by atoms with Gasteiger partial charge in [0.25, 0.3) is 0 Å². The molecule has 0 saturated heterocycles. The van der Waals surface area contributed by atoms with Crippen molar-refractivity contribution in [2.45, 2.75) is 27.2 Å². The van der Waals surface area contributed by atoms with E-state index in [1.807, 2.05) is 44.2 Å². The van der Waals surface area contributed by atoms with Crippen LogP contribution in [0.3, 0.4) is 0 Å². The summed E-state index contributed by atoms with van der Waals surface area (Å²) in [5.74, 6) is -0.279. The number of aryl methyl sites for hydroxylation is 1. The van der Waals surface area contributed by atoms with E-state index in [9.17, 15) is 4.79 Å². The van der Waals surface area contributed by atoms with Crippen LogP contribution >= 0.6 is 0 Å². The van der Waals surface area contributed by atoms with E-state index in [0.717, 1.165) is 5.56 Å². The minimum Gasteiger partial charge on any atom is -0.462 e. The van der Waals surface area contributed by atoms with Gasteiger partial charge in [-0.15, -0.1) is 5.73 Å². The normalized spacial score (nSPS) is 9.35. The molecule has 0 atom stereocenters. The number of carbonyl (C=O) groups excluding carboxylic acids is 1. The fourth-order valence-electron chi connectivity index (χ4n) is 1.36. The molecule has 1 aromatic carbocycles. The van der Waals surface area contributed by atoms with Gasteiger partial charge >= 0.3 is 5.97 Å². The van der Waals surface area contributed by atoms with E-state index in [1.54, 1.807) is 6.92 Å². The Bertz CT molecular complexity index is 434. The number of hydrogen-bond acceptors (Lipinski definition) is 2. The second kappa shape index (κ2) is 6.72. The standard InChI is InChI=1S/C15H18O2/c1-4-14(15(16)17-5-2)11-10-13-8-6-12(3)7-9-13/h6-10H,4-5H2,1-3H3. The van der Waals surface area contributed by atoms with Crippen molar-refractivity contribution >= 4 is 12.0 Å². The lowest BCUT2D eigenvalue weighted by atomic mass is 10.1. The van der Waals surface area contributed by atoms with Crippen LogP contribution in [-0.4, -0.2) is 12.6 Å². The molecule has 0 saturated carbocycles. The number of rotatable bonds is 4. The maximum atomic E-state index is 11.5. The molecular weight excluding hydrogens is 212 g/mol. The molecule has 0 aromatic heterocycles. The van der Waals surface area contributed by atoms with Crippen molar-refractivity contribution in [3.63, 3.8) is 0 Å². The Morgan fingerprint density at radius 1 is 1.29 bits per heavy atom. The van der Waals surface area contributed by atoms with Gasteiger partial charge in [0, 0.05) is 0 Å². The Morgan fingerprint density at radius 3 is 2.47 bits per heavy atom. The molecule has 0 fully saturated rings. The van der Waals surface area contributed by atoms with E-state index in [1.165, 1.54) is 5.56 Å². The monoisotopic (exact) mass is 230 g/mol. The molecule has 0 radical (unpaired) electrons. The van der Waals surface area contributed by atoms with Gasteiger partial charge in [-0.2, -0.15) is 0 Å². The molecule has 0 bridgehead atoms. The first-order valence-electron chi connectivity index (χ1n) is 5.86. The van der Waals surface area contributed by atoms with E-state index in [2.05, 4.69) is 5.73 Å². The number of esters is 1. The summed E-state index contributed by atoms with van der Waals surface area (Å²) >= 11 is 0. The number of carbonyl (C=O) groups is 1. The van der Waals surface area contributed by atoms with Crippen molar-refractivity contribution in [3.05, 3.63) is 46.7 Å². The van der Waals surface area contributed by atoms with Gasteiger partial charge in [-0.25, -0.2) is 4.79 Å². The van der Waals surface area contributed by atoms with E-state index >= 15 is 0 Å². The second-order valence-corrected chi connectivity index (χ2v) is 3.75. The van der Waals surface area contributed by atoms with Crippen LogP contribution in [0.15, 0.2) is 35.6 Å². The zero-order chi connectivity index (χ0) is 12.7. The predicted molar refractivity (Wildman–Crippen MR) is 69.6 cm³/mol. The zero-order valence-electron chi connectivity index (χ0n) is 10.6. The van der Waals surface area contributed by atoms with Gasteiger partial charge in [-0.3, -0.25) is 0 Å². The van der Waals surface area contributed by atoms with Gasteiger partial charge in [-0.05, 0) is 31.9 Å². The topological polar surface area (TPSA) is 26.3 Å². The van der Waals surface area contributed by atoms with E-state index in [0.29, 0.717) is 18.6 Å². The molecule has 0 amide bonds. The van der Waals surface area contributed by atoms with Gasteiger partial charge < -0.3 is 4.74 Å². The third kappa shape index (κ3) is 4.29. The van der Waals surface area contributed by atoms with Crippen LogP contribution in [0.25, 0.3) is 6.08 Å². The molecule has 0 aliphatic heterocycles. The summed E-state index contributed by atoms with van der Waals surface area (Å²) in [5, 5.41) is 0. The third-order valence-corrected chi connectivity index (χ3v) is 2.37. The molecule has 1 aromatic rings. The van der Waals surface area contributed by atoms with E-state index < -0.39 is 0 Å². The average Bonchev–Trinajstić information content (AvgIpc) is 2.32. The SMILES string of the molecule is CCOC(=O)C(=C=Cc1ccc(C)cc1)CC. The highest BCUT2D eigenvalue weighted by Gasteiger charge is 2.06. The highest BCUT2D eigenvalue weighted by molar-refractivity contribution is 5.88. The minimum atomic E-state index is -0.279. The van der Waals surface area contributed by atoms with Crippen molar-refractivity contribution in [3.8, 4) is 0 Å². The summed E-state index contributed by atoms with van der Waals surface area (Å²) in [6.45, 7) is 6.16. The first kappa shape index (κ1) is 13.3. The minimum absolute atomic E-state index is 0.279. The fraction of sp³-hybridized carbons (Fsp3) is 0.333. The first-order valence-corrected chi connectivity index (χ1v) is 5.86. The second-order valence-electron chi connectivity index (χ2n) is 3.75. The summed E-state index contributed by atoms with van der Waals surface area (Å²) in [5.41, 5.74) is 5.83. The summed E-state index contributed by atoms with van der Waals surface area (Å²) in [7, 11) is 0. The van der Waals surface area contributed by atoms with Crippen molar-refractivity contribution in [1.29, 1.82) is 0 Å². The van der Waals surface area contributed by atoms with Crippen LogP contribution in [0, 0.1) is 6.92 Å². The third-order valence-electron chi connectivity index (χ3n) is 2.37. The van der Waals surface area contributed by atoms with Crippen LogP contribution in [0.2, 0.25) is 0 Å². The Balaban J connectivity index is 2.90. The van der Waals surface area contributed by atoms with Crippen molar-refractivity contribution in [1.82, 2.24) is 0 Å². The average molecular weight is 230 g/mol. The van der Waals surface area contributed by atoms with Crippen molar-refractivity contribution in [2.24, 2.45) is 0 Å². The van der Waals surface area contributed by atoms with E-state index in [4.69, 9.17) is 4.74 Å². The van der Waals surface area contributed by atoms with Crippen LogP contribution in [0.5, 0.6) is 0 Å². The highest BCUT2D eigenvalue weighted by atomic mass is 16.5. The maximum absolute atomic E-state index is 11.5. The largest absolute Gasteiger partial charge is 0.462 e. The Hall–Kier alpha value is -1.79. The molecular formula is C15H18O2. The Morgan fingerprint density at radius 2 is 1.94 bits per heavy atom. The van der Waals surface area contributed by atoms with Crippen molar-refractivity contribution < 1.29 is 9.53 Å². The molecule has 0 unspecified atom stereocenters. The lowest BCUT2D eigenvalue weighted by molar-refractivity contribution is -0.138. The Labute approximate surface area is 103 Å². The van der Waals surface area contributed by atoms with Crippen LogP contribution in [0.4, 0.5) is 0 Å². The quantitative estimate of drug-likeness (QED) is 0.449.